The van der Waals surface area contributed by atoms with E-state index in [1.54, 1.807) is 4.90 Å². The van der Waals surface area contributed by atoms with Gasteiger partial charge in [-0.15, -0.1) is 0 Å². The molecule has 28 heavy (non-hydrogen) atoms. The predicted molar refractivity (Wildman–Crippen MR) is 103 cm³/mol. The molecule has 3 rings (SSSR count). The first-order chi connectivity index (χ1) is 13.4. The number of hydrogen-bond donors (Lipinski definition) is 1. The second-order valence-corrected chi connectivity index (χ2v) is 8.09. The van der Waals surface area contributed by atoms with E-state index in [-0.39, 0.29) is 11.8 Å². The molecule has 1 saturated carbocycles. The molecule has 1 aliphatic carbocycles. The van der Waals surface area contributed by atoms with Gasteiger partial charge in [0.05, 0.1) is 0 Å². The van der Waals surface area contributed by atoms with Gasteiger partial charge in [-0.1, -0.05) is 32.8 Å². The quantitative estimate of drug-likeness (QED) is 0.837. The molecule has 2 amide bonds. The van der Waals surface area contributed by atoms with Crippen LogP contribution < -0.4 is 5.32 Å². The van der Waals surface area contributed by atoms with Gasteiger partial charge in [0.25, 0.3) is 5.91 Å². The fourth-order valence-corrected chi connectivity index (χ4v) is 4.22. The lowest BCUT2D eigenvalue weighted by molar-refractivity contribution is -0.136. The molecule has 1 heterocycles. The Kier molecular flexibility index (Phi) is 6.65. The molecule has 0 bridgehead atoms. The van der Waals surface area contributed by atoms with Gasteiger partial charge in [0.1, 0.15) is 23.2 Å². The average molecular weight is 393 g/mol. The SMILES string of the molecule is CC(C)C(NC(=O)c1c(F)cccc1F)C(=O)N1CCN(C2CCCC2)CC1. The zero-order valence-electron chi connectivity index (χ0n) is 16.6. The molecule has 1 saturated heterocycles. The maximum Gasteiger partial charge on any atom is 0.257 e. The van der Waals surface area contributed by atoms with Crippen LogP contribution in [0.2, 0.25) is 0 Å². The van der Waals surface area contributed by atoms with E-state index in [0.717, 1.165) is 25.2 Å². The van der Waals surface area contributed by atoms with Crippen molar-refractivity contribution >= 4 is 11.8 Å². The van der Waals surface area contributed by atoms with Gasteiger partial charge in [-0.3, -0.25) is 14.5 Å². The Morgan fingerprint density at radius 3 is 2.14 bits per heavy atom. The lowest BCUT2D eigenvalue weighted by Gasteiger charge is -2.39. The molecule has 5 nitrogen and oxygen atoms in total. The third kappa shape index (κ3) is 4.51. The number of carbonyl (C=O) groups excluding carboxylic acids is 2. The highest BCUT2D eigenvalue weighted by molar-refractivity contribution is 5.98. The topological polar surface area (TPSA) is 52.7 Å². The van der Waals surface area contributed by atoms with Gasteiger partial charge < -0.3 is 10.2 Å². The molecule has 2 aliphatic rings. The molecule has 0 aromatic heterocycles. The number of amides is 2. The Balaban J connectivity index is 1.63. The normalized spacial score (nSPS) is 19.8. The maximum absolute atomic E-state index is 13.9. The van der Waals surface area contributed by atoms with E-state index < -0.39 is 29.1 Å². The summed E-state index contributed by atoms with van der Waals surface area (Å²) in [7, 11) is 0. The maximum atomic E-state index is 13.9. The third-order valence-electron chi connectivity index (χ3n) is 5.88. The van der Waals surface area contributed by atoms with Crippen LogP contribution in [0, 0.1) is 17.6 Å². The van der Waals surface area contributed by atoms with Gasteiger partial charge in [-0.25, -0.2) is 8.78 Å². The molecule has 0 spiro atoms. The average Bonchev–Trinajstić information content (AvgIpc) is 3.20. The van der Waals surface area contributed by atoms with Crippen LogP contribution >= 0.6 is 0 Å². The van der Waals surface area contributed by atoms with Gasteiger partial charge in [0.15, 0.2) is 0 Å². The molecule has 2 fully saturated rings. The van der Waals surface area contributed by atoms with E-state index in [1.807, 2.05) is 13.8 Å². The Morgan fingerprint density at radius 2 is 1.61 bits per heavy atom. The van der Waals surface area contributed by atoms with Crippen molar-refractivity contribution in [3.8, 4) is 0 Å². The summed E-state index contributed by atoms with van der Waals surface area (Å²) in [4.78, 5) is 29.7. The molecule has 1 atom stereocenters. The van der Waals surface area contributed by atoms with Crippen LogP contribution in [0.5, 0.6) is 0 Å². The summed E-state index contributed by atoms with van der Waals surface area (Å²) in [5.41, 5.74) is -0.646. The van der Waals surface area contributed by atoms with Gasteiger partial charge in [0, 0.05) is 32.2 Å². The Bertz CT molecular complexity index is 691. The Hall–Kier alpha value is -2.02. The highest BCUT2D eigenvalue weighted by Gasteiger charge is 2.33. The highest BCUT2D eigenvalue weighted by atomic mass is 19.1. The van der Waals surface area contributed by atoms with Crippen LogP contribution in [0.3, 0.4) is 0 Å². The van der Waals surface area contributed by atoms with Crippen LogP contribution in [0.1, 0.15) is 49.9 Å². The van der Waals surface area contributed by atoms with Gasteiger partial charge in [-0.05, 0) is 30.9 Å². The lowest BCUT2D eigenvalue weighted by atomic mass is 10.0. The highest BCUT2D eigenvalue weighted by Crippen LogP contribution is 2.24. The van der Waals surface area contributed by atoms with Gasteiger partial charge >= 0.3 is 0 Å². The summed E-state index contributed by atoms with van der Waals surface area (Å²) in [5, 5.41) is 2.55. The van der Waals surface area contributed by atoms with Crippen molar-refractivity contribution in [1.82, 2.24) is 15.1 Å². The molecule has 1 N–H and O–H groups in total. The smallest absolute Gasteiger partial charge is 0.257 e. The molecule has 1 unspecified atom stereocenters. The largest absolute Gasteiger partial charge is 0.340 e. The van der Waals surface area contributed by atoms with Gasteiger partial charge in [-0.2, -0.15) is 0 Å². The van der Waals surface area contributed by atoms with E-state index in [0.29, 0.717) is 19.1 Å². The first-order valence-corrected chi connectivity index (χ1v) is 10.2. The van der Waals surface area contributed by atoms with Crippen LogP contribution in [0.25, 0.3) is 0 Å². The zero-order chi connectivity index (χ0) is 20.3. The van der Waals surface area contributed by atoms with Crippen LogP contribution in [0.15, 0.2) is 18.2 Å². The molecular weight excluding hydrogens is 364 g/mol. The Labute approximate surface area is 165 Å². The van der Waals surface area contributed by atoms with Crippen LogP contribution in [-0.2, 0) is 4.79 Å². The van der Waals surface area contributed by atoms with Crippen molar-refractivity contribution in [2.75, 3.05) is 26.2 Å². The number of carbonyl (C=O) groups is 2. The van der Waals surface area contributed by atoms with E-state index in [1.165, 1.54) is 31.7 Å². The number of benzene rings is 1. The summed E-state index contributed by atoms with van der Waals surface area (Å²) in [6.45, 7) is 6.52. The molecule has 7 heteroatoms. The monoisotopic (exact) mass is 393 g/mol. The van der Waals surface area contributed by atoms with Crippen LogP contribution in [0.4, 0.5) is 8.78 Å². The number of rotatable bonds is 5. The summed E-state index contributed by atoms with van der Waals surface area (Å²) >= 11 is 0. The van der Waals surface area contributed by atoms with Crippen LogP contribution in [-0.4, -0.2) is 59.9 Å². The Morgan fingerprint density at radius 1 is 1.04 bits per heavy atom. The number of nitrogens with one attached hydrogen (secondary N) is 1. The summed E-state index contributed by atoms with van der Waals surface area (Å²) in [6, 6.07) is 3.08. The van der Waals surface area contributed by atoms with E-state index in [4.69, 9.17) is 0 Å². The summed E-state index contributed by atoms with van der Waals surface area (Å²) < 4.78 is 27.8. The third-order valence-corrected chi connectivity index (χ3v) is 5.88. The molecule has 0 radical (unpaired) electrons. The molecular formula is C21H29F2N3O2. The second-order valence-electron chi connectivity index (χ2n) is 8.09. The fourth-order valence-electron chi connectivity index (χ4n) is 4.22. The summed E-state index contributed by atoms with van der Waals surface area (Å²) in [5.74, 6) is -3.15. The minimum Gasteiger partial charge on any atom is -0.340 e. The predicted octanol–water partition coefficient (Wildman–Crippen LogP) is 2.81. The molecule has 1 aromatic rings. The van der Waals surface area contributed by atoms with Crippen molar-refractivity contribution in [2.24, 2.45) is 5.92 Å². The van der Waals surface area contributed by atoms with Gasteiger partial charge in [0.2, 0.25) is 5.91 Å². The molecule has 154 valence electrons. The lowest BCUT2D eigenvalue weighted by Crippen LogP contribution is -2.57. The van der Waals surface area contributed by atoms with Crippen molar-refractivity contribution in [3.63, 3.8) is 0 Å². The summed E-state index contributed by atoms with van der Waals surface area (Å²) in [6.07, 6.45) is 5.01. The second kappa shape index (κ2) is 8.99. The number of nitrogens with zero attached hydrogens (tertiary/aromatic N) is 2. The minimum absolute atomic E-state index is 0.189. The zero-order valence-corrected chi connectivity index (χ0v) is 16.6. The van der Waals surface area contributed by atoms with E-state index >= 15 is 0 Å². The first-order valence-electron chi connectivity index (χ1n) is 10.2. The van der Waals surface area contributed by atoms with Crippen molar-refractivity contribution in [2.45, 2.75) is 51.6 Å². The number of halogens is 2. The van der Waals surface area contributed by atoms with Crippen molar-refractivity contribution < 1.29 is 18.4 Å². The molecule has 1 aromatic carbocycles. The van der Waals surface area contributed by atoms with E-state index in [9.17, 15) is 18.4 Å². The van der Waals surface area contributed by atoms with E-state index in [2.05, 4.69) is 10.2 Å². The molecule has 1 aliphatic heterocycles. The number of hydrogen-bond acceptors (Lipinski definition) is 3. The van der Waals surface area contributed by atoms with Crippen molar-refractivity contribution in [3.05, 3.63) is 35.4 Å². The fraction of sp³-hybridized carbons (Fsp3) is 0.619. The first kappa shape index (κ1) is 20.7. The number of piperazine rings is 1. The standard InChI is InChI=1S/C21H29F2N3O2/c1-14(2)19(24-20(27)18-16(22)8-5-9-17(18)23)21(28)26-12-10-25(11-13-26)15-6-3-4-7-15/h5,8-9,14-15,19H,3-4,6-7,10-13H2,1-2H3,(H,24,27). The minimum atomic E-state index is -0.933. The van der Waals surface area contributed by atoms with Crippen molar-refractivity contribution in [1.29, 1.82) is 0 Å².